The molecule has 5 heteroatoms. The molecule has 5 nitrogen and oxygen atoms in total. The normalized spacial score (nSPS) is 22.9. The Morgan fingerprint density at radius 3 is 2.35 bits per heavy atom. The predicted molar refractivity (Wildman–Crippen MR) is 62.2 cm³/mol. The molecule has 2 fully saturated rings. The Bertz CT molecular complexity index is 307. The standard InChI is InChI=1S/C12H20N2O3/c15-10(11(16)14-9-4-5-9)13-8-12(17)6-2-1-3-7-12/h9,17H,1-8H2,(H,13,15)(H,14,16). The molecule has 2 rings (SSSR count). The van der Waals surface area contributed by atoms with Gasteiger partial charge in [-0.3, -0.25) is 9.59 Å². The van der Waals surface area contributed by atoms with Crippen LogP contribution in [-0.4, -0.2) is 35.1 Å². The number of hydrogen-bond acceptors (Lipinski definition) is 3. The van der Waals surface area contributed by atoms with Gasteiger partial charge < -0.3 is 15.7 Å². The summed E-state index contributed by atoms with van der Waals surface area (Å²) >= 11 is 0. The maximum Gasteiger partial charge on any atom is 0.309 e. The average molecular weight is 240 g/mol. The first-order valence-corrected chi connectivity index (χ1v) is 6.40. The lowest BCUT2D eigenvalue weighted by Gasteiger charge is -2.31. The van der Waals surface area contributed by atoms with E-state index in [-0.39, 0.29) is 12.6 Å². The van der Waals surface area contributed by atoms with Crippen molar-refractivity contribution >= 4 is 11.8 Å². The molecule has 2 amide bonds. The fourth-order valence-corrected chi connectivity index (χ4v) is 2.19. The van der Waals surface area contributed by atoms with Crippen LogP contribution in [0, 0.1) is 0 Å². The van der Waals surface area contributed by atoms with Crippen LogP contribution < -0.4 is 10.6 Å². The SMILES string of the molecule is O=C(NCC1(O)CCCCC1)C(=O)NC1CC1. The fraction of sp³-hybridized carbons (Fsp3) is 0.833. The largest absolute Gasteiger partial charge is 0.388 e. The molecule has 96 valence electrons. The second kappa shape index (κ2) is 5.04. The van der Waals surface area contributed by atoms with Crippen LogP contribution in [0.25, 0.3) is 0 Å². The molecular weight excluding hydrogens is 220 g/mol. The van der Waals surface area contributed by atoms with Crippen LogP contribution in [0.2, 0.25) is 0 Å². The molecule has 0 aromatic carbocycles. The third-order valence-corrected chi connectivity index (χ3v) is 3.48. The molecule has 0 aromatic rings. The van der Waals surface area contributed by atoms with E-state index in [1.807, 2.05) is 0 Å². The zero-order valence-corrected chi connectivity index (χ0v) is 10.00. The summed E-state index contributed by atoms with van der Waals surface area (Å²) in [5, 5.41) is 15.3. The monoisotopic (exact) mass is 240 g/mol. The minimum absolute atomic E-state index is 0.184. The number of nitrogens with one attached hydrogen (secondary N) is 2. The summed E-state index contributed by atoms with van der Waals surface area (Å²) in [5.74, 6) is -1.21. The summed E-state index contributed by atoms with van der Waals surface area (Å²) in [6.07, 6.45) is 6.45. The molecule has 0 aliphatic heterocycles. The van der Waals surface area contributed by atoms with Crippen molar-refractivity contribution in [2.75, 3.05) is 6.54 Å². The van der Waals surface area contributed by atoms with Crippen LogP contribution in [0.1, 0.15) is 44.9 Å². The molecule has 0 heterocycles. The lowest BCUT2D eigenvalue weighted by atomic mass is 9.85. The van der Waals surface area contributed by atoms with Gasteiger partial charge in [-0.2, -0.15) is 0 Å². The van der Waals surface area contributed by atoms with Gasteiger partial charge in [-0.1, -0.05) is 19.3 Å². The maximum absolute atomic E-state index is 11.5. The molecule has 0 radical (unpaired) electrons. The van der Waals surface area contributed by atoms with Crippen molar-refractivity contribution in [2.24, 2.45) is 0 Å². The highest BCUT2D eigenvalue weighted by Gasteiger charge is 2.31. The summed E-state index contributed by atoms with van der Waals surface area (Å²) in [4.78, 5) is 22.8. The smallest absolute Gasteiger partial charge is 0.309 e. The zero-order chi connectivity index (χ0) is 12.3. The van der Waals surface area contributed by atoms with Crippen LogP contribution in [0.5, 0.6) is 0 Å². The second-order valence-electron chi connectivity index (χ2n) is 5.22. The number of rotatable bonds is 3. The van der Waals surface area contributed by atoms with Crippen molar-refractivity contribution in [1.82, 2.24) is 10.6 Å². The van der Waals surface area contributed by atoms with E-state index in [0.29, 0.717) is 12.8 Å². The summed E-state index contributed by atoms with van der Waals surface area (Å²) in [5.41, 5.74) is -0.812. The van der Waals surface area contributed by atoms with Crippen molar-refractivity contribution in [1.29, 1.82) is 0 Å². The third kappa shape index (κ3) is 3.70. The van der Waals surface area contributed by atoms with Gasteiger partial charge in [0.15, 0.2) is 0 Å². The van der Waals surface area contributed by atoms with E-state index in [4.69, 9.17) is 0 Å². The highest BCUT2D eigenvalue weighted by Crippen LogP contribution is 2.27. The topological polar surface area (TPSA) is 78.4 Å². The van der Waals surface area contributed by atoms with Gasteiger partial charge in [0, 0.05) is 12.6 Å². The van der Waals surface area contributed by atoms with Gasteiger partial charge >= 0.3 is 11.8 Å². The van der Waals surface area contributed by atoms with Crippen molar-refractivity contribution in [3.05, 3.63) is 0 Å². The highest BCUT2D eigenvalue weighted by molar-refractivity contribution is 6.35. The van der Waals surface area contributed by atoms with Crippen molar-refractivity contribution in [3.63, 3.8) is 0 Å². The van der Waals surface area contributed by atoms with Crippen molar-refractivity contribution < 1.29 is 14.7 Å². The highest BCUT2D eigenvalue weighted by atomic mass is 16.3. The van der Waals surface area contributed by atoms with Gasteiger partial charge in [0.1, 0.15) is 0 Å². The van der Waals surface area contributed by atoms with Crippen LogP contribution in [0.3, 0.4) is 0 Å². The maximum atomic E-state index is 11.5. The average Bonchev–Trinajstić information content (AvgIpc) is 3.11. The Morgan fingerprint density at radius 2 is 1.76 bits per heavy atom. The van der Waals surface area contributed by atoms with Crippen LogP contribution in [-0.2, 0) is 9.59 Å². The summed E-state index contributed by atoms with van der Waals surface area (Å²) in [6, 6.07) is 0.186. The van der Waals surface area contributed by atoms with Gasteiger partial charge in [-0.25, -0.2) is 0 Å². The van der Waals surface area contributed by atoms with Gasteiger partial charge in [-0.05, 0) is 25.7 Å². The molecule has 2 saturated carbocycles. The predicted octanol–water partition coefficient (Wildman–Crippen LogP) is 0.0764. The van der Waals surface area contributed by atoms with E-state index in [9.17, 15) is 14.7 Å². The van der Waals surface area contributed by atoms with E-state index < -0.39 is 17.4 Å². The number of amides is 2. The molecule has 17 heavy (non-hydrogen) atoms. The number of hydrogen-bond donors (Lipinski definition) is 3. The Kier molecular flexibility index (Phi) is 3.66. The lowest BCUT2D eigenvalue weighted by molar-refractivity contribution is -0.140. The van der Waals surface area contributed by atoms with Gasteiger partial charge in [0.05, 0.1) is 5.60 Å². The molecule has 0 atom stereocenters. The minimum Gasteiger partial charge on any atom is -0.388 e. The first-order valence-electron chi connectivity index (χ1n) is 6.40. The van der Waals surface area contributed by atoms with Crippen LogP contribution in [0.4, 0.5) is 0 Å². The Labute approximate surface area is 101 Å². The molecule has 0 saturated heterocycles. The molecule has 0 spiro atoms. The first kappa shape index (κ1) is 12.4. The molecule has 0 aromatic heterocycles. The van der Waals surface area contributed by atoms with E-state index in [2.05, 4.69) is 10.6 Å². The van der Waals surface area contributed by atoms with Crippen molar-refractivity contribution in [3.8, 4) is 0 Å². The van der Waals surface area contributed by atoms with Crippen LogP contribution >= 0.6 is 0 Å². The number of aliphatic hydroxyl groups is 1. The molecule has 2 aliphatic carbocycles. The first-order chi connectivity index (χ1) is 8.09. The molecular formula is C12H20N2O3. The van der Waals surface area contributed by atoms with E-state index in [0.717, 1.165) is 32.1 Å². The summed E-state index contributed by atoms with van der Waals surface area (Å²) in [6.45, 7) is 0.184. The van der Waals surface area contributed by atoms with Crippen LogP contribution in [0.15, 0.2) is 0 Å². The minimum atomic E-state index is -0.812. The Balaban J connectivity index is 1.72. The quantitative estimate of drug-likeness (QED) is 0.611. The lowest BCUT2D eigenvalue weighted by Crippen LogP contribution is -2.48. The number of carbonyl (C=O) groups is 2. The van der Waals surface area contributed by atoms with E-state index in [1.165, 1.54) is 0 Å². The molecule has 2 aliphatic rings. The fourth-order valence-electron chi connectivity index (χ4n) is 2.19. The van der Waals surface area contributed by atoms with Gasteiger partial charge in [0.25, 0.3) is 0 Å². The van der Waals surface area contributed by atoms with Gasteiger partial charge in [0.2, 0.25) is 0 Å². The van der Waals surface area contributed by atoms with E-state index >= 15 is 0 Å². The molecule has 3 N–H and O–H groups in total. The molecule has 0 unspecified atom stereocenters. The zero-order valence-electron chi connectivity index (χ0n) is 10.00. The number of carbonyl (C=O) groups excluding carboxylic acids is 2. The second-order valence-corrected chi connectivity index (χ2v) is 5.22. The van der Waals surface area contributed by atoms with Gasteiger partial charge in [-0.15, -0.1) is 0 Å². The molecule has 0 bridgehead atoms. The van der Waals surface area contributed by atoms with E-state index in [1.54, 1.807) is 0 Å². The third-order valence-electron chi connectivity index (χ3n) is 3.48. The Morgan fingerprint density at radius 1 is 1.12 bits per heavy atom. The summed E-state index contributed by atoms with van der Waals surface area (Å²) in [7, 11) is 0. The van der Waals surface area contributed by atoms with Crippen molar-refractivity contribution in [2.45, 2.75) is 56.6 Å². The summed E-state index contributed by atoms with van der Waals surface area (Å²) < 4.78 is 0. The Hall–Kier alpha value is -1.10.